The van der Waals surface area contributed by atoms with E-state index in [-0.39, 0.29) is 18.7 Å². The fraction of sp³-hybridized carbons (Fsp3) is 0.304. The van der Waals surface area contributed by atoms with Gasteiger partial charge in [0.05, 0.1) is 23.5 Å². The van der Waals surface area contributed by atoms with Crippen molar-refractivity contribution in [3.8, 4) is 0 Å². The van der Waals surface area contributed by atoms with Crippen LogP contribution in [0.1, 0.15) is 40.2 Å². The molecule has 1 saturated heterocycles. The van der Waals surface area contributed by atoms with Crippen LogP contribution < -0.4 is 10.0 Å². The highest BCUT2D eigenvalue weighted by molar-refractivity contribution is 7.90. The van der Waals surface area contributed by atoms with Gasteiger partial charge in [0.2, 0.25) is 15.9 Å². The first kappa shape index (κ1) is 30.4. The molecule has 1 unspecified atom stereocenters. The molecule has 1 aliphatic heterocycles. The molecule has 2 aromatic carbocycles. The quantitative estimate of drug-likeness (QED) is 0.330. The number of carbonyl (C=O) groups is 3. The Morgan fingerprint density at radius 2 is 1.68 bits per heavy atom. The molecule has 0 spiro atoms. The van der Waals surface area contributed by atoms with Gasteiger partial charge >= 0.3 is 24.2 Å². The van der Waals surface area contributed by atoms with Gasteiger partial charge in [-0.3, -0.25) is 14.3 Å². The number of aryl methyl sites for hydroxylation is 1. The molecule has 4 rings (SSSR count). The number of imidazole rings is 1. The van der Waals surface area contributed by atoms with Gasteiger partial charge in [-0.1, -0.05) is 30.3 Å². The van der Waals surface area contributed by atoms with Crippen LogP contribution in [0.25, 0.3) is 11.0 Å². The second kappa shape index (κ2) is 11.1. The number of hydrogen-bond acceptors (Lipinski definition) is 6. The third-order valence-corrected chi connectivity index (χ3v) is 7.28. The standard InChI is InChI=1S/C21H19F3N4O4S.C2HF3O2/c1-11-2-7-14-15(8-11)26-19(25-14)16(27-20(30)21(22,23)24)9-12-3-5-13(6-4-12)17-10-18(29)28-33(17,31)32;3-2(4,5)1(6)7/h2-8,16-17H,9-10H2,1H3,(H,25,26)(H,27,30)(H,28,29);(H,6,7)/t16-,17?;/m0./s1. The summed E-state index contributed by atoms with van der Waals surface area (Å²) in [6, 6.07) is 10.3. The van der Waals surface area contributed by atoms with Crippen molar-refractivity contribution < 1.29 is 54.3 Å². The zero-order chi connectivity index (χ0) is 30.0. The number of carbonyl (C=O) groups excluding carboxylic acids is 2. The number of aromatic amines is 1. The van der Waals surface area contributed by atoms with E-state index in [0.29, 0.717) is 22.2 Å². The lowest BCUT2D eigenvalue weighted by atomic mass is 10.0. The van der Waals surface area contributed by atoms with Crippen LogP contribution in [0.15, 0.2) is 42.5 Å². The average Bonchev–Trinajstić information content (AvgIpc) is 3.36. The molecule has 1 fully saturated rings. The van der Waals surface area contributed by atoms with Gasteiger partial charge < -0.3 is 15.4 Å². The molecule has 216 valence electrons. The van der Waals surface area contributed by atoms with E-state index in [1.165, 1.54) is 12.1 Å². The molecule has 0 saturated carbocycles. The predicted molar refractivity (Wildman–Crippen MR) is 126 cm³/mol. The summed E-state index contributed by atoms with van der Waals surface area (Å²) in [6.07, 6.45) is -10.4. The average molecular weight is 594 g/mol. The van der Waals surface area contributed by atoms with E-state index in [1.807, 2.05) is 23.0 Å². The molecule has 0 aliphatic carbocycles. The third-order valence-electron chi connectivity index (χ3n) is 5.58. The van der Waals surface area contributed by atoms with E-state index >= 15 is 0 Å². The highest BCUT2D eigenvalue weighted by Gasteiger charge is 2.41. The van der Waals surface area contributed by atoms with E-state index in [9.17, 15) is 44.3 Å². The van der Waals surface area contributed by atoms with Gasteiger partial charge in [0, 0.05) is 0 Å². The number of alkyl halides is 6. The maximum absolute atomic E-state index is 12.9. The Morgan fingerprint density at radius 3 is 2.17 bits per heavy atom. The van der Waals surface area contributed by atoms with Crippen molar-refractivity contribution in [3.63, 3.8) is 0 Å². The number of nitrogens with zero attached hydrogens (tertiary/aromatic N) is 1. The molecule has 0 radical (unpaired) electrons. The minimum atomic E-state index is -5.08. The van der Waals surface area contributed by atoms with Crippen molar-refractivity contribution in [2.24, 2.45) is 0 Å². The Hall–Kier alpha value is -4.15. The second-order valence-corrected chi connectivity index (χ2v) is 10.5. The van der Waals surface area contributed by atoms with Crippen LogP contribution in [0.3, 0.4) is 0 Å². The number of rotatable bonds is 5. The molecule has 1 aliphatic rings. The van der Waals surface area contributed by atoms with E-state index in [4.69, 9.17) is 9.90 Å². The predicted octanol–water partition coefficient (Wildman–Crippen LogP) is 3.36. The van der Waals surface area contributed by atoms with Crippen LogP contribution in [0.4, 0.5) is 26.3 Å². The zero-order valence-corrected chi connectivity index (χ0v) is 21.0. The number of fused-ring (bicyclic) bond motifs is 1. The molecule has 2 atom stereocenters. The van der Waals surface area contributed by atoms with Crippen LogP contribution in [-0.4, -0.2) is 53.6 Å². The summed E-state index contributed by atoms with van der Waals surface area (Å²) < 4.78 is 96.5. The maximum atomic E-state index is 12.9. The molecule has 2 heterocycles. The SMILES string of the molecule is Cc1ccc2nc([C@H](Cc3ccc(C4CC(=O)NS4(=O)=O)cc3)NC(=O)C(F)(F)F)[nH]c2c1.O=C(O)C(F)(F)F. The minimum absolute atomic E-state index is 0.0322. The summed E-state index contributed by atoms with van der Waals surface area (Å²) in [7, 11) is -3.82. The van der Waals surface area contributed by atoms with Gasteiger partial charge in [0.1, 0.15) is 11.1 Å². The number of benzene rings is 2. The van der Waals surface area contributed by atoms with Gasteiger partial charge in [-0.05, 0) is 42.2 Å². The molecule has 2 amide bonds. The van der Waals surface area contributed by atoms with Gasteiger partial charge in [0.15, 0.2) is 0 Å². The molecule has 17 heteroatoms. The second-order valence-electron chi connectivity index (χ2n) is 8.68. The molecular formula is C23H20F6N4O6S. The van der Waals surface area contributed by atoms with Gasteiger partial charge in [-0.25, -0.2) is 18.2 Å². The number of H-pyrrole nitrogens is 1. The normalized spacial score (nSPS) is 17.5. The number of carboxylic acids is 1. The summed E-state index contributed by atoms with van der Waals surface area (Å²) in [5.74, 6) is -5.29. The topological polar surface area (TPSA) is 158 Å². The van der Waals surface area contributed by atoms with Crippen LogP contribution in [0, 0.1) is 6.92 Å². The number of aromatic nitrogens is 2. The smallest absolute Gasteiger partial charge is 0.475 e. The number of halogens is 6. The largest absolute Gasteiger partial charge is 0.490 e. The highest BCUT2D eigenvalue weighted by Crippen LogP contribution is 2.31. The van der Waals surface area contributed by atoms with Crippen molar-refractivity contribution in [2.45, 2.75) is 43.4 Å². The molecular weight excluding hydrogens is 574 g/mol. The van der Waals surface area contributed by atoms with Crippen LogP contribution in [0.5, 0.6) is 0 Å². The fourth-order valence-corrected chi connectivity index (χ4v) is 5.14. The van der Waals surface area contributed by atoms with Crippen LogP contribution in [-0.2, 0) is 30.8 Å². The summed E-state index contributed by atoms with van der Waals surface area (Å²) in [4.78, 5) is 39.3. The molecule has 40 heavy (non-hydrogen) atoms. The van der Waals surface area contributed by atoms with Crippen molar-refractivity contribution in [1.29, 1.82) is 0 Å². The lowest BCUT2D eigenvalue weighted by Gasteiger charge is -2.18. The Labute approximate surface area is 221 Å². The van der Waals surface area contributed by atoms with E-state index in [2.05, 4.69) is 9.97 Å². The van der Waals surface area contributed by atoms with Gasteiger partial charge in [-0.2, -0.15) is 26.3 Å². The number of hydrogen-bond donors (Lipinski definition) is 4. The fourth-order valence-electron chi connectivity index (χ4n) is 3.72. The molecule has 10 nitrogen and oxygen atoms in total. The van der Waals surface area contributed by atoms with Crippen LogP contribution in [0.2, 0.25) is 0 Å². The van der Waals surface area contributed by atoms with Gasteiger partial charge in [0.25, 0.3) is 0 Å². The molecule has 4 N–H and O–H groups in total. The monoisotopic (exact) mass is 594 g/mol. The number of nitrogens with one attached hydrogen (secondary N) is 3. The summed E-state index contributed by atoms with van der Waals surface area (Å²) in [6.45, 7) is 1.86. The lowest BCUT2D eigenvalue weighted by Crippen LogP contribution is -2.40. The summed E-state index contributed by atoms with van der Waals surface area (Å²) >= 11 is 0. The Morgan fingerprint density at radius 1 is 1.07 bits per heavy atom. The van der Waals surface area contributed by atoms with Crippen molar-refractivity contribution in [1.82, 2.24) is 20.0 Å². The number of carboxylic acid groups (broad SMARTS) is 1. The number of sulfonamides is 1. The third kappa shape index (κ3) is 7.49. The zero-order valence-electron chi connectivity index (χ0n) is 20.2. The molecule has 3 aromatic rings. The maximum Gasteiger partial charge on any atom is 0.490 e. The summed E-state index contributed by atoms with van der Waals surface area (Å²) in [5, 5.41) is 8.07. The van der Waals surface area contributed by atoms with Crippen molar-refractivity contribution >= 4 is 38.8 Å². The van der Waals surface area contributed by atoms with E-state index in [0.717, 1.165) is 5.56 Å². The van der Waals surface area contributed by atoms with E-state index in [1.54, 1.807) is 24.3 Å². The van der Waals surface area contributed by atoms with Crippen molar-refractivity contribution in [3.05, 3.63) is 65.0 Å². The lowest BCUT2D eigenvalue weighted by molar-refractivity contribution is -0.192. The van der Waals surface area contributed by atoms with E-state index < -0.39 is 51.5 Å². The Balaban J connectivity index is 0.000000559. The summed E-state index contributed by atoms with van der Waals surface area (Å²) in [5.41, 5.74) is 3.01. The number of aliphatic carboxylic acids is 1. The first-order chi connectivity index (χ1) is 18.4. The Kier molecular flexibility index (Phi) is 8.47. The molecule has 1 aromatic heterocycles. The van der Waals surface area contributed by atoms with Crippen LogP contribution >= 0.6 is 0 Å². The molecule has 0 bridgehead atoms. The van der Waals surface area contributed by atoms with Crippen molar-refractivity contribution in [2.75, 3.05) is 0 Å². The minimum Gasteiger partial charge on any atom is -0.475 e. The first-order valence-corrected chi connectivity index (χ1v) is 12.7. The van der Waals surface area contributed by atoms with Gasteiger partial charge in [-0.15, -0.1) is 0 Å². The number of amides is 2. The first-order valence-electron chi connectivity index (χ1n) is 11.1. The Bertz CT molecular complexity index is 1530. The highest BCUT2D eigenvalue weighted by atomic mass is 32.2.